The molecule has 2 N–H and O–H groups in total. The lowest BCUT2D eigenvalue weighted by molar-refractivity contribution is -0.120. The highest BCUT2D eigenvalue weighted by Gasteiger charge is 2.21. The van der Waals surface area contributed by atoms with Gasteiger partial charge in [0.25, 0.3) is 5.91 Å². The molecule has 1 aliphatic carbocycles. The summed E-state index contributed by atoms with van der Waals surface area (Å²) >= 11 is 1.37. The highest BCUT2D eigenvalue weighted by molar-refractivity contribution is 7.12. The van der Waals surface area contributed by atoms with Crippen molar-refractivity contribution in [1.29, 1.82) is 0 Å². The van der Waals surface area contributed by atoms with Gasteiger partial charge < -0.3 is 5.32 Å². The number of benzene rings is 1. The second kappa shape index (κ2) is 8.76. The lowest BCUT2D eigenvalue weighted by atomic mass is 9.88. The van der Waals surface area contributed by atoms with Crippen LogP contribution in [0.25, 0.3) is 0 Å². The summed E-state index contributed by atoms with van der Waals surface area (Å²) in [6, 6.07) is 11.1. The molecule has 0 radical (unpaired) electrons. The first-order chi connectivity index (χ1) is 12.6. The quantitative estimate of drug-likeness (QED) is 0.605. The van der Waals surface area contributed by atoms with E-state index in [1.54, 1.807) is 6.07 Å². The van der Waals surface area contributed by atoms with Gasteiger partial charge in [0.05, 0.1) is 10.6 Å². The van der Waals surface area contributed by atoms with Crippen LogP contribution in [0.5, 0.6) is 0 Å². The van der Waals surface area contributed by atoms with Gasteiger partial charge in [-0.3, -0.25) is 9.59 Å². The molecule has 1 aromatic carbocycles. The summed E-state index contributed by atoms with van der Waals surface area (Å²) in [6.45, 7) is 1.83. The Labute approximate surface area is 157 Å². The minimum atomic E-state index is -0.221. The van der Waals surface area contributed by atoms with Gasteiger partial charge in [0.1, 0.15) is 0 Å². The zero-order chi connectivity index (χ0) is 18.4. The fourth-order valence-corrected chi connectivity index (χ4v) is 3.71. The standard InChI is InChI=1S/C20H23N3O2S/c1-14(22-23-20(25)18-11-6-12-26-18)16-9-5-10-17(13-16)21-19(24)15-7-3-2-4-8-15/h5-6,9-13,15H,2-4,7-8H2,1H3,(H,21,24)(H,23,25)/b22-14+. The third-order valence-electron chi connectivity index (χ3n) is 4.59. The third-order valence-corrected chi connectivity index (χ3v) is 5.46. The monoisotopic (exact) mass is 369 g/mol. The topological polar surface area (TPSA) is 70.6 Å². The first kappa shape index (κ1) is 18.3. The smallest absolute Gasteiger partial charge is 0.281 e. The first-order valence-electron chi connectivity index (χ1n) is 8.93. The Bertz CT molecular complexity index is 793. The number of nitrogens with one attached hydrogen (secondary N) is 2. The van der Waals surface area contributed by atoms with Gasteiger partial charge in [0.2, 0.25) is 5.91 Å². The summed E-state index contributed by atoms with van der Waals surface area (Å²) in [5, 5.41) is 9.04. The molecule has 0 aliphatic heterocycles. The van der Waals surface area contributed by atoms with Crippen LogP contribution in [0, 0.1) is 5.92 Å². The second-order valence-electron chi connectivity index (χ2n) is 6.52. The molecule has 1 aliphatic rings. The maximum absolute atomic E-state index is 12.4. The maximum Gasteiger partial charge on any atom is 0.281 e. The van der Waals surface area contributed by atoms with E-state index in [2.05, 4.69) is 15.8 Å². The van der Waals surface area contributed by atoms with Gasteiger partial charge in [0.15, 0.2) is 0 Å². The number of hydrogen-bond donors (Lipinski definition) is 2. The molecule has 0 spiro atoms. The molecule has 6 heteroatoms. The van der Waals surface area contributed by atoms with Gasteiger partial charge >= 0.3 is 0 Å². The van der Waals surface area contributed by atoms with E-state index in [-0.39, 0.29) is 17.7 Å². The lowest BCUT2D eigenvalue weighted by Crippen LogP contribution is -2.24. The molecule has 2 aromatic rings. The second-order valence-corrected chi connectivity index (χ2v) is 7.47. The van der Waals surface area contributed by atoms with Crippen LogP contribution >= 0.6 is 11.3 Å². The molecule has 1 heterocycles. The average Bonchev–Trinajstić information content (AvgIpc) is 3.21. The van der Waals surface area contributed by atoms with Crippen molar-refractivity contribution in [3.8, 4) is 0 Å². The molecule has 0 atom stereocenters. The largest absolute Gasteiger partial charge is 0.326 e. The van der Waals surface area contributed by atoms with Crippen molar-refractivity contribution in [1.82, 2.24) is 5.43 Å². The Morgan fingerprint density at radius 3 is 2.65 bits per heavy atom. The van der Waals surface area contributed by atoms with E-state index in [1.807, 2.05) is 42.6 Å². The van der Waals surface area contributed by atoms with Crippen molar-refractivity contribution in [2.45, 2.75) is 39.0 Å². The summed E-state index contributed by atoms with van der Waals surface area (Å²) < 4.78 is 0. The molecular weight excluding hydrogens is 346 g/mol. The molecule has 1 fully saturated rings. The van der Waals surface area contributed by atoms with Crippen molar-refractivity contribution >= 4 is 34.6 Å². The van der Waals surface area contributed by atoms with Gasteiger partial charge in [0, 0.05) is 11.6 Å². The summed E-state index contributed by atoms with van der Waals surface area (Å²) in [5.41, 5.74) is 4.87. The van der Waals surface area contributed by atoms with Crippen LogP contribution in [-0.2, 0) is 4.79 Å². The fourth-order valence-electron chi connectivity index (χ4n) is 3.09. The van der Waals surface area contributed by atoms with Gasteiger partial charge in [-0.25, -0.2) is 5.43 Å². The zero-order valence-electron chi connectivity index (χ0n) is 14.8. The van der Waals surface area contributed by atoms with Crippen LogP contribution in [-0.4, -0.2) is 17.5 Å². The van der Waals surface area contributed by atoms with E-state index in [9.17, 15) is 9.59 Å². The van der Waals surface area contributed by atoms with E-state index < -0.39 is 0 Å². The molecule has 5 nitrogen and oxygen atoms in total. The highest BCUT2D eigenvalue weighted by atomic mass is 32.1. The molecule has 0 unspecified atom stereocenters. The predicted octanol–water partition coefficient (Wildman–Crippen LogP) is 4.42. The van der Waals surface area contributed by atoms with Gasteiger partial charge in [-0.05, 0) is 48.9 Å². The van der Waals surface area contributed by atoms with E-state index >= 15 is 0 Å². The Morgan fingerprint density at radius 2 is 1.92 bits per heavy atom. The first-order valence-corrected chi connectivity index (χ1v) is 9.81. The number of carbonyl (C=O) groups is 2. The van der Waals surface area contributed by atoms with Crippen LogP contribution in [0.3, 0.4) is 0 Å². The van der Waals surface area contributed by atoms with Crippen LogP contribution in [0.4, 0.5) is 5.69 Å². The Balaban J connectivity index is 1.63. The number of amides is 2. The predicted molar refractivity (Wildman–Crippen MR) is 106 cm³/mol. The number of rotatable bonds is 5. The number of carbonyl (C=O) groups excluding carboxylic acids is 2. The molecule has 1 aromatic heterocycles. The Hall–Kier alpha value is -2.47. The Morgan fingerprint density at radius 1 is 1.12 bits per heavy atom. The minimum absolute atomic E-state index is 0.0995. The summed E-state index contributed by atoms with van der Waals surface area (Å²) in [4.78, 5) is 25.0. The number of thiophene rings is 1. The summed E-state index contributed by atoms with van der Waals surface area (Å²) in [6.07, 6.45) is 5.44. The summed E-state index contributed by atoms with van der Waals surface area (Å²) in [7, 11) is 0. The van der Waals surface area contributed by atoms with Crippen LogP contribution in [0.1, 0.15) is 54.3 Å². The molecule has 1 saturated carbocycles. The Kier molecular flexibility index (Phi) is 6.17. The van der Waals surface area contributed by atoms with E-state index in [1.165, 1.54) is 17.8 Å². The van der Waals surface area contributed by atoms with Crippen LogP contribution in [0.15, 0.2) is 46.9 Å². The van der Waals surface area contributed by atoms with Crippen molar-refractivity contribution in [3.05, 3.63) is 52.2 Å². The highest BCUT2D eigenvalue weighted by Crippen LogP contribution is 2.25. The van der Waals surface area contributed by atoms with E-state index in [0.717, 1.165) is 36.9 Å². The van der Waals surface area contributed by atoms with Gasteiger partial charge in [-0.2, -0.15) is 5.10 Å². The molecule has 0 bridgehead atoms. The van der Waals surface area contributed by atoms with Crippen LogP contribution in [0.2, 0.25) is 0 Å². The molecule has 3 rings (SSSR count). The van der Waals surface area contributed by atoms with Gasteiger partial charge in [-0.15, -0.1) is 11.3 Å². The number of hydrogen-bond acceptors (Lipinski definition) is 4. The maximum atomic E-state index is 12.4. The van der Waals surface area contributed by atoms with Crippen molar-refractivity contribution < 1.29 is 9.59 Å². The average molecular weight is 369 g/mol. The van der Waals surface area contributed by atoms with Crippen molar-refractivity contribution in [3.63, 3.8) is 0 Å². The van der Waals surface area contributed by atoms with Gasteiger partial charge in [-0.1, -0.05) is 37.5 Å². The number of anilines is 1. The molecular formula is C20H23N3O2S. The molecule has 26 heavy (non-hydrogen) atoms. The summed E-state index contributed by atoms with van der Waals surface area (Å²) in [5.74, 6) is -0.00389. The fraction of sp³-hybridized carbons (Fsp3) is 0.350. The number of hydrazone groups is 1. The van der Waals surface area contributed by atoms with E-state index in [4.69, 9.17) is 0 Å². The van der Waals surface area contributed by atoms with E-state index in [0.29, 0.717) is 10.6 Å². The normalized spacial score (nSPS) is 15.5. The molecule has 136 valence electrons. The molecule has 2 amide bonds. The third kappa shape index (κ3) is 4.79. The SMILES string of the molecule is C/C(=N\NC(=O)c1cccs1)c1cccc(NC(=O)C2CCCCC2)c1. The number of nitrogens with zero attached hydrogens (tertiary/aromatic N) is 1. The van der Waals surface area contributed by atoms with Crippen molar-refractivity contribution in [2.24, 2.45) is 11.0 Å². The lowest BCUT2D eigenvalue weighted by Gasteiger charge is -2.20. The van der Waals surface area contributed by atoms with Crippen LogP contribution < -0.4 is 10.7 Å². The van der Waals surface area contributed by atoms with Crippen molar-refractivity contribution in [2.75, 3.05) is 5.32 Å². The minimum Gasteiger partial charge on any atom is -0.326 e. The zero-order valence-corrected chi connectivity index (χ0v) is 15.6. The molecule has 0 saturated heterocycles.